The number of carbonyl (C=O) groups is 1. The lowest BCUT2D eigenvalue weighted by atomic mass is 10.1. The molecule has 0 saturated heterocycles. The highest BCUT2D eigenvalue weighted by molar-refractivity contribution is 8.05. The summed E-state index contributed by atoms with van der Waals surface area (Å²) in [6, 6.07) is 2.34. The first-order chi connectivity index (χ1) is 14.3. The third kappa shape index (κ3) is 5.04. The first kappa shape index (κ1) is 28.9. The molecule has 0 bridgehead atoms. The van der Waals surface area contributed by atoms with Crippen LogP contribution in [-0.2, 0) is 30.2 Å². The quantitative estimate of drug-likeness (QED) is 0.275. The minimum Gasteiger partial charge on any atom is -0.378 e. The molecule has 1 aromatic carbocycles. The fourth-order valence-electron chi connectivity index (χ4n) is 1.66. The summed E-state index contributed by atoms with van der Waals surface area (Å²) in [4.78, 5) is 11.1. The van der Waals surface area contributed by atoms with E-state index < -0.39 is 67.8 Å². The molecule has 0 aromatic heterocycles. The molecule has 21 heteroatoms. The molecule has 0 fully saturated rings. The second-order valence-corrected chi connectivity index (χ2v) is 11.0. The van der Waals surface area contributed by atoms with Gasteiger partial charge in [-0.2, -0.15) is 47.9 Å². The summed E-state index contributed by atoms with van der Waals surface area (Å²) in [5, 5.41) is -14.6. The third-order valence-corrected chi connectivity index (χ3v) is 7.97. The van der Waals surface area contributed by atoms with Crippen molar-refractivity contribution in [2.45, 2.75) is 28.9 Å². The van der Waals surface area contributed by atoms with Gasteiger partial charge in [-0.05, 0) is 31.2 Å². The van der Waals surface area contributed by atoms with Crippen molar-refractivity contribution in [1.29, 1.82) is 0 Å². The van der Waals surface area contributed by atoms with Gasteiger partial charge in [0.05, 0.1) is 0 Å². The molecule has 33 heavy (non-hydrogen) atoms. The van der Waals surface area contributed by atoms with Gasteiger partial charge in [0, 0.05) is 5.56 Å². The fraction of sp³-hybridized carbons (Fsp3) is 0.417. The maximum Gasteiger partial charge on any atom is 0.512 e. The molecular weight excluding hydrogens is 553 g/mol. The highest BCUT2D eigenvalue weighted by Gasteiger charge is 2.83. The predicted octanol–water partition coefficient (Wildman–Crippen LogP) is 2.19. The van der Waals surface area contributed by atoms with Crippen molar-refractivity contribution < 1.29 is 73.7 Å². The van der Waals surface area contributed by atoms with Gasteiger partial charge in [0.2, 0.25) is 0 Å². The summed E-state index contributed by atoms with van der Waals surface area (Å²) < 4.78 is 189. The molecule has 0 aliphatic heterocycles. The number of benzene rings is 1. The molecule has 0 saturated carbocycles. The number of hydrogen-bond acceptors (Lipinski definition) is 8. The van der Waals surface area contributed by atoms with Crippen molar-refractivity contribution in [2.24, 2.45) is 0 Å². The van der Waals surface area contributed by atoms with Crippen LogP contribution in [0.5, 0.6) is 5.75 Å². The van der Waals surface area contributed by atoms with Crippen LogP contribution in [0.1, 0.15) is 17.3 Å². The number of halogens is 9. The van der Waals surface area contributed by atoms with E-state index in [0.717, 1.165) is 19.1 Å². The second-order valence-electron chi connectivity index (χ2n) is 5.76. The van der Waals surface area contributed by atoms with Crippen LogP contribution in [-0.4, -0.2) is 53.0 Å². The normalized spacial score (nSPS) is 14.7. The van der Waals surface area contributed by atoms with Crippen molar-refractivity contribution >= 4 is 35.9 Å². The molecule has 1 rings (SSSR count). The Morgan fingerprint density at radius 2 is 1.18 bits per heavy atom. The number of sulfonamides is 2. The van der Waals surface area contributed by atoms with Gasteiger partial charge in [-0.1, -0.05) is 4.13 Å². The number of rotatable bonds is 9. The summed E-state index contributed by atoms with van der Waals surface area (Å²) in [6.45, 7) is 0.997. The molecule has 0 radical (unpaired) electrons. The molecule has 0 heterocycles. The Morgan fingerprint density at radius 1 is 0.758 bits per heavy atom. The van der Waals surface area contributed by atoms with Crippen molar-refractivity contribution in [3.63, 3.8) is 0 Å². The Balaban J connectivity index is 3.45. The van der Waals surface area contributed by atoms with E-state index in [1.54, 1.807) is 0 Å². The Morgan fingerprint density at radius 3 is 1.55 bits per heavy atom. The highest BCUT2D eigenvalue weighted by atomic mass is 32.3. The average Bonchev–Trinajstić information content (AvgIpc) is 2.59. The first-order valence-electron chi connectivity index (χ1n) is 7.37. The lowest BCUT2D eigenvalue weighted by molar-refractivity contribution is -0.245. The molecule has 1 N–H and O–H groups in total. The zero-order chi connectivity index (χ0) is 26.5. The summed E-state index contributed by atoms with van der Waals surface area (Å²) in [6.07, 6.45) is 0. The number of carbonyl (C=O) groups excluding carboxylic acids is 1. The van der Waals surface area contributed by atoms with Crippen LogP contribution < -0.4 is 8.31 Å². The lowest BCUT2D eigenvalue weighted by Gasteiger charge is -2.31. The Hall–Kier alpha value is -2.13. The first-order valence-corrected chi connectivity index (χ1v) is 11.7. The molecule has 190 valence electrons. The smallest absolute Gasteiger partial charge is 0.378 e. The Kier molecular flexibility index (Phi) is 7.24. The number of ketones is 1. The second kappa shape index (κ2) is 8.27. The lowest BCUT2D eigenvalue weighted by Crippen LogP contribution is -2.64. The number of hydrogen-bond donors (Lipinski definition) is 1. The van der Waals surface area contributed by atoms with Crippen molar-refractivity contribution in [2.75, 3.05) is 0 Å². The minimum atomic E-state index is -7.87. The maximum atomic E-state index is 13.9. The van der Waals surface area contributed by atoms with Crippen molar-refractivity contribution in [3.05, 3.63) is 29.8 Å². The van der Waals surface area contributed by atoms with Crippen LogP contribution in [0.4, 0.5) is 39.5 Å². The number of Topliss-reactive ketones (excluding diaryl/α,β-unsaturated/α-hetero) is 1. The summed E-state index contributed by atoms with van der Waals surface area (Å²) in [7, 11) is -22.4. The van der Waals surface area contributed by atoms with E-state index in [2.05, 4.69) is 4.18 Å². The van der Waals surface area contributed by atoms with Crippen LogP contribution >= 0.6 is 0 Å². The maximum absolute atomic E-state index is 13.9. The topological polar surface area (TPSA) is 141 Å². The van der Waals surface area contributed by atoms with Crippen LogP contribution in [0.15, 0.2) is 24.3 Å². The van der Waals surface area contributed by atoms with E-state index in [4.69, 9.17) is 0 Å². The van der Waals surface area contributed by atoms with Crippen LogP contribution in [0.25, 0.3) is 0 Å². The summed E-state index contributed by atoms with van der Waals surface area (Å²) in [5.74, 6) is -9.49. The zero-order valence-corrected chi connectivity index (χ0v) is 17.7. The largest absolute Gasteiger partial charge is 0.512 e. The van der Waals surface area contributed by atoms with Crippen LogP contribution in [0.3, 0.4) is 0 Å². The highest BCUT2D eigenvalue weighted by Crippen LogP contribution is 2.51. The van der Waals surface area contributed by atoms with Gasteiger partial charge >= 0.3 is 42.1 Å². The molecule has 0 spiro atoms. The van der Waals surface area contributed by atoms with Crippen LogP contribution in [0, 0.1) is 0 Å². The van der Waals surface area contributed by atoms with E-state index in [1.165, 1.54) is 0 Å². The monoisotopic (exact) mass is 561 g/mol. The molecule has 0 aliphatic rings. The van der Waals surface area contributed by atoms with E-state index >= 15 is 0 Å². The summed E-state index contributed by atoms with van der Waals surface area (Å²) >= 11 is 0. The van der Waals surface area contributed by atoms with E-state index in [9.17, 15) is 69.6 Å². The van der Waals surface area contributed by atoms with Gasteiger partial charge < -0.3 is 4.18 Å². The van der Waals surface area contributed by atoms with Crippen molar-refractivity contribution in [1.82, 2.24) is 4.13 Å². The molecule has 0 atom stereocenters. The standard InChI is InChI=1S/C12H8F9NO8S3/c1-6(23)7-2-4-8(5-3-7)30-33(28,29)11(17,18)9(13,14)10(15,16)31(24,25)22-32(26,27)12(19,20)21/h2-5,22H,1H3. The molecular formula is C12H8F9NO8S3. The van der Waals surface area contributed by atoms with E-state index in [1.807, 2.05) is 0 Å². The van der Waals surface area contributed by atoms with Crippen molar-refractivity contribution in [3.8, 4) is 5.75 Å². The average molecular weight is 561 g/mol. The summed E-state index contributed by atoms with van der Waals surface area (Å²) in [5.41, 5.74) is -6.85. The zero-order valence-electron chi connectivity index (χ0n) is 15.2. The van der Waals surface area contributed by atoms with Gasteiger partial charge in [-0.15, -0.1) is 0 Å². The van der Waals surface area contributed by atoms with Gasteiger partial charge in [0.25, 0.3) is 10.0 Å². The molecule has 0 aliphatic carbocycles. The van der Waals surface area contributed by atoms with Crippen LogP contribution in [0.2, 0.25) is 0 Å². The number of alkyl halides is 9. The molecule has 0 amide bonds. The van der Waals surface area contributed by atoms with E-state index in [-0.39, 0.29) is 5.56 Å². The molecule has 9 nitrogen and oxygen atoms in total. The number of nitrogens with one attached hydrogen (secondary N) is 1. The Bertz CT molecular complexity index is 1240. The van der Waals surface area contributed by atoms with Gasteiger partial charge in [0.15, 0.2) is 5.78 Å². The third-order valence-electron chi connectivity index (χ3n) is 3.37. The molecule has 0 unspecified atom stereocenters. The van der Waals surface area contributed by atoms with E-state index in [0.29, 0.717) is 12.1 Å². The van der Waals surface area contributed by atoms with Gasteiger partial charge in [0.1, 0.15) is 5.75 Å². The Labute approximate surface area is 178 Å². The predicted molar refractivity (Wildman–Crippen MR) is 87.9 cm³/mol. The molecule has 1 aromatic rings. The fourth-order valence-corrected chi connectivity index (χ4v) is 5.06. The van der Waals surface area contributed by atoms with Gasteiger partial charge in [-0.3, -0.25) is 4.79 Å². The minimum absolute atomic E-state index is 0.175. The van der Waals surface area contributed by atoms with Gasteiger partial charge in [-0.25, -0.2) is 16.8 Å². The SMILES string of the molecule is CC(=O)c1ccc(OS(=O)(=O)C(F)(F)C(F)(F)C(F)(F)S(=O)(=O)NS(=O)(=O)C(F)(F)F)cc1.